The molecule has 6 nitrogen and oxygen atoms in total. The standard InChI is InChI=1S/C20H27N3O3S/c1-5-17-9-8-16(4)22(14-17)15-20(24)21-18-10-12-19(13-11-18)27(25,26)23(6-2)7-3/h8-14H,5-7,15H2,1-4H3/p+1. The SMILES string of the molecule is CCc1ccc(C)[n+](CC(=O)Nc2ccc(S(=O)(=O)N(CC)CC)cc2)c1. The number of hydrogen-bond acceptors (Lipinski definition) is 3. The minimum Gasteiger partial charge on any atom is -0.321 e. The van der Waals surface area contributed by atoms with Crippen LogP contribution in [0.25, 0.3) is 0 Å². The molecule has 146 valence electrons. The first-order valence-electron chi connectivity index (χ1n) is 9.20. The molecule has 7 heteroatoms. The van der Waals surface area contributed by atoms with Crippen LogP contribution in [0.15, 0.2) is 47.5 Å². The number of sulfonamides is 1. The Kier molecular flexibility index (Phi) is 7.10. The van der Waals surface area contributed by atoms with Gasteiger partial charge in [-0.25, -0.2) is 8.42 Å². The fourth-order valence-electron chi connectivity index (χ4n) is 2.83. The quantitative estimate of drug-likeness (QED) is 0.704. The number of pyridine rings is 1. The molecule has 0 aliphatic rings. The lowest BCUT2D eigenvalue weighted by Gasteiger charge is -2.18. The molecule has 2 rings (SSSR count). The molecule has 0 aliphatic carbocycles. The highest BCUT2D eigenvalue weighted by Crippen LogP contribution is 2.18. The Balaban J connectivity index is 2.09. The lowest BCUT2D eigenvalue weighted by atomic mass is 10.2. The first kappa shape index (κ1) is 21.1. The van der Waals surface area contributed by atoms with E-state index < -0.39 is 10.0 Å². The van der Waals surface area contributed by atoms with Crippen LogP contribution in [0, 0.1) is 6.92 Å². The number of nitrogens with zero attached hydrogens (tertiary/aromatic N) is 2. The van der Waals surface area contributed by atoms with E-state index in [1.807, 2.05) is 37.6 Å². The molecule has 1 aromatic heterocycles. The topological polar surface area (TPSA) is 70.4 Å². The van der Waals surface area contributed by atoms with Gasteiger partial charge in [0.1, 0.15) is 0 Å². The fourth-order valence-corrected chi connectivity index (χ4v) is 4.28. The maximum Gasteiger partial charge on any atom is 0.290 e. The van der Waals surface area contributed by atoms with E-state index >= 15 is 0 Å². The van der Waals surface area contributed by atoms with E-state index in [9.17, 15) is 13.2 Å². The van der Waals surface area contributed by atoms with Crippen molar-refractivity contribution in [1.82, 2.24) is 4.31 Å². The van der Waals surface area contributed by atoms with Crippen molar-refractivity contribution < 1.29 is 17.8 Å². The van der Waals surface area contributed by atoms with E-state index in [0.29, 0.717) is 18.8 Å². The Morgan fingerprint density at radius 1 is 1.04 bits per heavy atom. The molecule has 1 amide bonds. The molecular formula is C20H28N3O3S+. The van der Waals surface area contributed by atoms with Crippen molar-refractivity contribution in [2.45, 2.75) is 45.6 Å². The molecule has 0 unspecified atom stereocenters. The van der Waals surface area contributed by atoms with Crippen LogP contribution in [0.5, 0.6) is 0 Å². The van der Waals surface area contributed by atoms with E-state index in [-0.39, 0.29) is 17.3 Å². The Hall–Kier alpha value is -2.25. The minimum atomic E-state index is -3.49. The number of carbonyl (C=O) groups excluding carboxylic acids is 1. The predicted molar refractivity (Wildman–Crippen MR) is 106 cm³/mol. The van der Waals surface area contributed by atoms with E-state index in [2.05, 4.69) is 18.3 Å². The van der Waals surface area contributed by atoms with Gasteiger partial charge in [0.15, 0.2) is 11.9 Å². The van der Waals surface area contributed by atoms with Crippen molar-refractivity contribution >= 4 is 21.6 Å². The summed E-state index contributed by atoms with van der Waals surface area (Å²) in [6.45, 7) is 8.70. The van der Waals surface area contributed by atoms with Gasteiger partial charge in [-0.1, -0.05) is 20.8 Å². The summed E-state index contributed by atoms with van der Waals surface area (Å²) in [5.74, 6) is -0.157. The minimum absolute atomic E-state index is 0.157. The highest BCUT2D eigenvalue weighted by molar-refractivity contribution is 7.89. The summed E-state index contributed by atoms with van der Waals surface area (Å²) in [5.41, 5.74) is 2.74. The van der Waals surface area contributed by atoms with Crippen LogP contribution in [0.1, 0.15) is 32.0 Å². The summed E-state index contributed by atoms with van der Waals surface area (Å²) >= 11 is 0. The van der Waals surface area contributed by atoms with Gasteiger partial charge in [-0.2, -0.15) is 8.87 Å². The summed E-state index contributed by atoms with van der Waals surface area (Å²) in [6.07, 6.45) is 2.89. The first-order chi connectivity index (χ1) is 12.8. The van der Waals surface area contributed by atoms with Gasteiger partial charge in [0.2, 0.25) is 16.6 Å². The third-order valence-electron chi connectivity index (χ3n) is 4.52. The monoisotopic (exact) mass is 390 g/mol. The van der Waals surface area contributed by atoms with E-state index in [1.165, 1.54) is 22.0 Å². The van der Waals surface area contributed by atoms with Gasteiger partial charge in [0.05, 0.1) is 4.90 Å². The number of rotatable bonds is 8. The molecule has 0 aliphatic heterocycles. The average molecular weight is 391 g/mol. The second-order valence-corrected chi connectivity index (χ2v) is 8.26. The summed E-state index contributed by atoms with van der Waals surface area (Å²) in [6, 6.07) is 10.3. The number of benzene rings is 1. The summed E-state index contributed by atoms with van der Waals surface area (Å²) in [5, 5.41) is 2.82. The van der Waals surface area contributed by atoms with Gasteiger partial charge < -0.3 is 5.32 Å². The second kappa shape index (κ2) is 9.10. The molecule has 0 saturated heterocycles. The van der Waals surface area contributed by atoms with Crippen molar-refractivity contribution in [2.75, 3.05) is 18.4 Å². The highest BCUT2D eigenvalue weighted by Gasteiger charge is 2.21. The molecule has 0 bridgehead atoms. The van der Waals surface area contributed by atoms with Crippen molar-refractivity contribution in [3.63, 3.8) is 0 Å². The van der Waals surface area contributed by atoms with Crippen LogP contribution in [-0.2, 0) is 27.8 Å². The lowest BCUT2D eigenvalue weighted by molar-refractivity contribution is -0.690. The zero-order chi connectivity index (χ0) is 20.0. The fraction of sp³-hybridized carbons (Fsp3) is 0.400. The first-order valence-corrected chi connectivity index (χ1v) is 10.6. The van der Waals surface area contributed by atoms with E-state index in [1.54, 1.807) is 12.1 Å². The van der Waals surface area contributed by atoms with E-state index in [0.717, 1.165) is 12.1 Å². The van der Waals surface area contributed by atoms with Gasteiger partial charge >= 0.3 is 0 Å². The number of anilines is 1. The van der Waals surface area contributed by atoms with Crippen LogP contribution in [0.3, 0.4) is 0 Å². The molecule has 0 atom stereocenters. The van der Waals surface area contributed by atoms with E-state index in [4.69, 9.17) is 0 Å². The van der Waals surface area contributed by atoms with Crippen molar-refractivity contribution in [3.8, 4) is 0 Å². The van der Waals surface area contributed by atoms with Crippen LogP contribution in [0.4, 0.5) is 5.69 Å². The van der Waals surface area contributed by atoms with Gasteiger partial charge in [0.25, 0.3) is 5.91 Å². The average Bonchev–Trinajstić information content (AvgIpc) is 2.64. The number of aromatic nitrogens is 1. The number of aryl methyl sites for hydroxylation is 2. The zero-order valence-electron chi connectivity index (χ0n) is 16.4. The van der Waals surface area contributed by atoms with Gasteiger partial charge in [0, 0.05) is 37.3 Å². The van der Waals surface area contributed by atoms with Crippen molar-refractivity contribution in [2.24, 2.45) is 0 Å². The predicted octanol–water partition coefficient (Wildman–Crippen LogP) is 2.51. The van der Waals surface area contributed by atoms with Crippen molar-refractivity contribution in [3.05, 3.63) is 53.9 Å². The van der Waals surface area contributed by atoms with Crippen LogP contribution in [-0.4, -0.2) is 31.7 Å². The van der Waals surface area contributed by atoms with Crippen LogP contribution in [0.2, 0.25) is 0 Å². The molecule has 27 heavy (non-hydrogen) atoms. The Bertz CT molecular complexity index is 889. The third-order valence-corrected chi connectivity index (χ3v) is 6.58. The number of carbonyl (C=O) groups is 1. The number of nitrogens with one attached hydrogen (secondary N) is 1. The van der Waals surface area contributed by atoms with Gasteiger partial charge in [-0.15, -0.1) is 0 Å². The number of amides is 1. The molecule has 2 aromatic rings. The molecule has 0 fully saturated rings. The molecule has 1 heterocycles. The summed E-state index contributed by atoms with van der Waals surface area (Å²) < 4.78 is 28.3. The molecule has 0 spiro atoms. The van der Waals surface area contributed by atoms with Crippen LogP contribution < -0.4 is 9.88 Å². The highest BCUT2D eigenvalue weighted by atomic mass is 32.2. The largest absolute Gasteiger partial charge is 0.321 e. The van der Waals surface area contributed by atoms with Crippen LogP contribution >= 0.6 is 0 Å². The summed E-state index contributed by atoms with van der Waals surface area (Å²) in [4.78, 5) is 12.6. The van der Waals surface area contributed by atoms with Crippen molar-refractivity contribution in [1.29, 1.82) is 0 Å². The molecular weight excluding hydrogens is 362 g/mol. The molecule has 0 radical (unpaired) electrons. The molecule has 1 aromatic carbocycles. The molecule has 1 N–H and O–H groups in total. The molecule has 0 saturated carbocycles. The van der Waals surface area contributed by atoms with Gasteiger partial charge in [-0.05, 0) is 36.8 Å². The Morgan fingerprint density at radius 3 is 2.22 bits per heavy atom. The maximum absolute atomic E-state index is 12.5. The van der Waals surface area contributed by atoms with Gasteiger partial charge in [-0.3, -0.25) is 4.79 Å². The lowest BCUT2D eigenvalue weighted by Crippen LogP contribution is -2.43. The second-order valence-electron chi connectivity index (χ2n) is 6.32. The Morgan fingerprint density at radius 2 is 1.67 bits per heavy atom. The third kappa shape index (κ3) is 5.14. The Labute approximate surface area is 161 Å². The summed E-state index contributed by atoms with van der Waals surface area (Å²) in [7, 11) is -3.49. The maximum atomic E-state index is 12.5. The number of hydrogen-bond donors (Lipinski definition) is 1. The normalized spacial score (nSPS) is 11.6. The zero-order valence-corrected chi connectivity index (χ0v) is 17.2. The smallest absolute Gasteiger partial charge is 0.290 e.